The van der Waals surface area contributed by atoms with Crippen LogP contribution in [0.5, 0.6) is 0 Å². The van der Waals surface area contributed by atoms with Gasteiger partial charge in [0.25, 0.3) is 0 Å². The maximum absolute atomic E-state index is 13.1. The van der Waals surface area contributed by atoms with E-state index in [0.29, 0.717) is 12.0 Å². The molecule has 2 aromatic carbocycles. The monoisotopic (exact) mass is 518 g/mol. The molecule has 0 N–H and O–H groups in total. The standard InChI is InChI=1S/C14H12Cl2O8S3.2Na/c15-11-1-3-13(9(5-11)7-25-24-23-17)27(21,22)14-4-2-12(16)6-10(14)8-26(18,19)20;;/h1-6,17H,7-8H2,(H,18,19,20);;/q;2*+1/p-2. The van der Waals surface area contributed by atoms with Gasteiger partial charge in [0.2, 0.25) is 9.84 Å². The second kappa shape index (κ2) is 13.0. The fraction of sp³-hybridized carbons (Fsp3) is 0.143. The van der Waals surface area contributed by atoms with Gasteiger partial charge < -0.3 is 9.81 Å². The maximum atomic E-state index is 13.1. The molecule has 0 saturated heterocycles. The molecule has 148 valence electrons. The molecule has 0 saturated carbocycles. The third-order valence-corrected chi connectivity index (χ3v) is 6.92. The van der Waals surface area contributed by atoms with E-state index in [1.165, 1.54) is 24.3 Å². The van der Waals surface area contributed by atoms with Crippen molar-refractivity contribution in [3.8, 4) is 0 Å². The van der Waals surface area contributed by atoms with Gasteiger partial charge in [0, 0.05) is 27.8 Å². The van der Waals surface area contributed by atoms with Crippen molar-refractivity contribution in [2.45, 2.75) is 21.3 Å². The van der Waals surface area contributed by atoms with E-state index in [1.807, 2.05) is 0 Å². The summed E-state index contributed by atoms with van der Waals surface area (Å²) in [6.45, 7) is 0. The average Bonchev–Trinajstić information content (AvgIpc) is 2.53. The molecule has 0 aliphatic heterocycles. The normalized spacial score (nSPS) is 11.4. The molecule has 2 rings (SSSR count). The van der Waals surface area contributed by atoms with E-state index < -0.39 is 25.7 Å². The van der Waals surface area contributed by atoms with E-state index in [-0.39, 0.29) is 95.8 Å². The summed E-state index contributed by atoms with van der Waals surface area (Å²) in [5.41, 5.74) is -0.0828. The molecule has 0 unspecified atom stereocenters. The van der Waals surface area contributed by atoms with Gasteiger partial charge in [-0.15, -0.1) is 0 Å². The minimum Gasteiger partial charge on any atom is -0.748 e. The van der Waals surface area contributed by atoms with Crippen molar-refractivity contribution in [1.29, 1.82) is 0 Å². The van der Waals surface area contributed by atoms with Crippen molar-refractivity contribution in [3.05, 3.63) is 57.6 Å². The van der Waals surface area contributed by atoms with Crippen molar-refractivity contribution in [3.63, 3.8) is 0 Å². The Hall–Kier alpha value is 1.11. The Kier molecular flexibility index (Phi) is 13.5. The molecule has 0 atom stereocenters. The van der Waals surface area contributed by atoms with Gasteiger partial charge in [0.15, 0.2) is 0 Å². The van der Waals surface area contributed by atoms with Crippen LogP contribution in [0.1, 0.15) is 11.1 Å². The largest absolute Gasteiger partial charge is 1.00 e. The zero-order valence-corrected chi connectivity index (χ0v) is 23.1. The van der Waals surface area contributed by atoms with Crippen LogP contribution in [0.3, 0.4) is 0 Å². The smallest absolute Gasteiger partial charge is 0.748 e. The van der Waals surface area contributed by atoms with Crippen molar-refractivity contribution in [1.82, 2.24) is 0 Å². The van der Waals surface area contributed by atoms with Crippen LogP contribution in [0.15, 0.2) is 46.2 Å². The van der Waals surface area contributed by atoms with Crippen LogP contribution in [0.2, 0.25) is 10.0 Å². The first-order chi connectivity index (χ1) is 12.5. The molecule has 8 nitrogen and oxygen atoms in total. The third kappa shape index (κ3) is 8.87. The van der Waals surface area contributed by atoms with E-state index >= 15 is 0 Å². The third-order valence-electron chi connectivity index (χ3n) is 3.25. The minimum atomic E-state index is -4.76. The number of hydrogen-bond donors (Lipinski definition) is 0. The van der Waals surface area contributed by atoms with E-state index in [1.54, 1.807) is 0 Å². The van der Waals surface area contributed by atoms with Crippen LogP contribution in [-0.4, -0.2) is 21.4 Å². The molecule has 0 heterocycles. The van der Waals surface area contributed by atoms with Crippen molar-refractivity contribution in [2.24, 2.45) is 0 Å². The summed E-state index contributed by atoms with van der Waals surface area (Å²) in [4.78, 5) is -0.596. The van der Waals surface area contributed by atoms with Crippen LogP contribution in [0, 0.1) is 0 Å². The summed E-state index contributed by atoms with van der Waals surface area (Å²) in [6, 6.07) is 7.36. The SMILES string of the molecule is O=S(=O)([O-])Cc1cc(Cl)ccc1S(=O)(=O)c1ccc(Cl)cc1CSOO[O-].[Na+].[Na+]. The summed E-state index contributed by atoms with van der Waals surface area (Å²) in [6.07, 6.45) is 0. The van der Waals surface area contributed by atoms with Crippen LogP contribution >= 0.6 is 35.2 Å². The van der Waals surface area contributed by atoms with Crippen molar-refractivity contribution < 1.29 is 95.1 Å². The Morgan fingerprint density at radius 1 is 0.897 bits per heavy atom. The first kappa shape index (κ1) is 30.1. The predicted molar refractivity (Wildman–Crippen MR) is 95.2 cm³/mol. The van der Waals surface area contributed by atoms with E-state index in [9.17, 15) is 26.6 Å². The molecule has 0 radical (unpaired) electrons. The van der Waals surface area contributed by atoms with E-state index in [4.69, 9.17) is 23.2 Å². The zero-order valence-electron chi connectivity index (χ0n) is 15.1. The first-order valence-electron chi connectivity index (χ1n) is 6.88. The Morgan fingerprint density at radius 2 is 1.38 bits per heavy atom. The molecule has 0 bridgehead atoms. The molecule has 2 aromatic rings. The summed E-state index contributed by atoms with van der Waals surface area (Å²) < 4.78 is 63.7. The molecule has 29 heavy (non-hydrogen) atoms. The molecule has 0 aliphatic rings. The average molecular weight is 519 g/mol. The van der Waals surface area contributed by atoms with Crippen LogP contribution in [-0.2, 0) is 40.8 Å². The van der Waals surface area contributed by atoms with Crippen LogP contribution in [0.4, 0.5) is 0 Å². The van der Waals surface area contributed by atoms with Gasteiger partial charge in [-0.05, 0) is 47.5 Å². The molecule has 0 spiro atoms. The Balaban J connectivity index is 0.00000392. The fourth-order valence-electron chi connectivity index (χ4n) is 2.26. The predicted octanol–water partition coefficient (Wildman–Crippen LogP) is -3.75. The van der Waals surface area contributed by atoms with Crippen LogP contribution in [0.25, 0.3) is 0 Å². The second-order valence-electron chi connectivity index (χ2n) is 5.11. The second-order valence-corrected chi connectivity index (χ2v) is 9.93. The fourth-order valence-corrected chi connectivity index (χ4v) is 5.59. The summed E-state index contributed by atoms with van der Waals surface area (Å²) in [5.74, 6) is -1.16. The molecule has 15 heteroatoms. The van der Waals surface area contributed by atoms with Crippen molar-refractivity contribution >= 4 is 55.2 Å². The molecule has 0 amide bonds. The first-order valence-corrected chi connectivity index (χ1v) is 11.6. The molecular weight excluding hydrogens is 509 g/mol. The van der Waals surface area contributed by atoms with Gasteiger partial charge in [0.1, 0.15) is 0 Å². The minimum absolute atomic E-state index is 0. The van der Waals surface area contributed by atoms with Gasteiger partial charge in [0.05, 0.1) is 25.7 Å². The summed E-state index contributed by atoms with van der Waals surface area (Å²) in [5, 5.41) is 13.4. The number of rotatable bonds is 8. The van der Waals surface area contributed by atoms with Crippen molar-refractivity contribution in [2.75, 3.05) is 0 Å². The summed E-state index contributed by atoms with van der Waals surface area (Å²) >= 11 is 12.2. The van der Waals surface area contributed by atoms with Crippen LogP contribution < -0.4 is 64.4 Å². The van der Waals surface area contributed by atoms with E-state index in [0.717, 1.165) is 12.1 Å². The molecular formula is C14H10Cl2Na2O8S3. The molecule has 0 aromatic heterocycles. The van der Waals surface area contributed by atoms with Gasteiger partial charge in [-0.2, -0.15) is 4.33 Å². The van der Waals surface area contributed by atoms with E-state index in [2.05, 4.69) is 9.37 Å². The number of benzene rings is 2. The quantitative estimate of drug-likeness (QED) is 0.0862. The number of hydrogen-bond acceptors (Lipinski definition) is 9. The maximum Gasteiger partial charge on any atom is 1.00 e. The molecule has 0 aliphatic carbocycles. The number of halogens is 2. The Bertz CT molecular complexity index is 1050. The topological polar surface area (TPSA) is 133 Å². The summed E-state index contributed by atoms with van der Waals surface area (Å²) in [7, 11) is -9.01. The Labute approximate surface area is 226 Å². The van der Waals surface area contributed by atoms with Gasteiger partial charge in [-0.3, -0.25) is 5.04 Å². The Morgan fingerprint density at radius 3 is 1.86 bits per heavy atom. The molecule has 0 fully saturated rings. The number of sulfone groups is 1. The van der Waals surface area contributed by atoms with Gasteiger partial charge in [-0.25, -0.2) is 16.8 Å². The van der Waals surface area contributed by atoms with Gasteiger partial charge in [-0.1, -0.05) is 23.2 Å². The zero-order chi connectivity index (χ0) is 20.2. The van der Waals surface area contributed by atoms with Gasteiger partial charge >= 0.3 is 59.1 Å².